The molecule has 5 heteroatoms. The quantitative estimate of drug-likeness (QED) is 0.484. The van der Waals surface area contributed by atoms with E-state index in [0.29, 0.717) is 0 Å². The van der Waals surface area contributed by atoms with Crippen LogP contribution in [0.3, 0.4) is 0 Å². The van der Waals surface area contributed by atoms with Crippen LogP contribution in [0.1, 0.15) is 33.3 Å². The Labute approximate surface area is 162 Å². The zero-order valence-electron chi connectivity index (χ0n) is 14.6. The van der Waals surface area contributed by atoms with E-state index in [1.54, 1.807) is 36.5 Å². The largest absolute Gasteiger partial charge is 0.240 e. The van der Waals surface area contributed by atoms with Gasteiger partial charge in [0, 0.05) is 24.8 Å². The fourth-order valence-electron chi connectivity index (χ4n) is 2.86. The molecule has 4 rings (SSSR count). The molecule has 0 saturated heterocycles. The van der Waals surface area contributed by atoms with Gasteiger partial charge in [0.1, 0.15) is 11.6 Å². The lowest BCUT2D eigenvalue weighted by Crippen LogP contribution is -2.08. The van der Waals surface area contributed by atoms with Gasteiger partial charge in [-0.1, -0.05) is 60.7 Å². The van der Waals surface area contributed by atoms with Crippen molar-refractivity contribution in [2.75, 3.05) is 0 Å². The summed E-state index contributed by atoms with van der Waals surface area (Å²) in [5, 5.41) is -0.0529. The van der Waals surface area contributed by atoms with Crippen LogP contribution in [0.4, 0.5) is 0 Å². The number of rotatable bonds is 6. The van der Waals surface area contributed by atoms with Crippen molar-refractivity contribution in [2.24, 2.45) is 0 Å². The van der Waals surface area contributed by atoms with Gasteiger partial charge in [0.05, 0.1) is 10.5 Å². The summed E-state index contributed by atoms with van der Waals surface area (Å²) in [5.41, 5.74) is 2.32. The molecule has 2 aromatic heterocycles. The fourth-order valence-corrected chi connectivity index (χ4v) is 4.25. The van der Waals surface area contributed by atoms with Crippen LogP contribution in [-0.2, 0) is 0 Å². The van der Waals surface area contributed by atoms with Crippen molar-refractivity contribution in [1.82, 2.24) is 19.9 Å². The van der Waals surface area contributed by atoms with Crippen LogP contribution >= 0.6 is 11.8 Å². The van der Waals surface area contributed by atoms with E-state index in [-0.39, 0.29) is 10.5 Å². The third-order valence-electron chi connectivity index (χ3n) is 4.12. The molecule has 0 saturated carbocycles. The van der Waals surface area contributed by atoms with Crippen LogP contribution in [-0.4, -0.2) is 19.9 Å². The van der Waals surface area contributed by atoms with E-state index in [4.69, 9.17) is 0 Å². The van der Waals surface area contributed by atoms with Crippen molar-refractivity contribution in [3.05, 3.63) is 120 Å². The predicted octanol–water partition coefficient (Wildman–Crippen LogP) is 4.88. The van der Waals surface area contributed by atoms with Gasteiger partial charge in [-0.3, -0.25) is 0 Å². The van der Waals surface area contributed by atoms with Crippen LogP contribution in [0.25, 0.3) is 0 Å². The highest BCUT2D eigenvalue weighted by Crippen LogP contribution is 2.45. The van der Waals surface area contributed by atoms with E-state index in [2.05, 4.69) is 44.2 Å². The number of nitrogens with zero attached hydrogens (tertiary/aromatic N) is 4. The Hall–Kier alpha value is -3.05. The van der Waals surface area contributed by atoms with Gasteiger partial charge in [0.25, 0.3) is 0 Å². The van der Waals surface area contributed by atoms with Crippen LogP contribution in [0.15, 0.2) is 97.6 Å². The van der Waals surface area contributed by atoms with Gasteiger partial charge in [-0.05, 0) is 23.3 Å². The average Bonchev–Trinajstić information content (AvgIpc) is 2.77. The van der Waals surface area contributed by atoms with Gasteiger partial charge in [0.2, 0.25) is 0 Å². The lowest BCUT2D eigenvalue weighted by atomic mass is 10.1. The minimum atomic E-state index is -0.0265. The number of benzene rings is 2. The molecule has 0 N–H and O–H groups in total. The third kappa shape index (κ3) is 4.20. The summed E-state index contributed by atoms with van der Waals surface area (Å²) >= 11 is 1.75. The van der Waals surface area contributed by atoms with Crippen LogP contribution in [0.5, 0.6) is 0 Å². The molecule has 0 aliphatic heterocycles. The maximum absolute atomic E-state index is 4.52. The molecule has 0 aliphatic rings. The summed E-state index contributed by atoms with van der Waals surface area (Å²) < 4.78 is 0. The molecule has 4 nitrogen and oxygen atoms in total. The molecule has 2 atom stereocenters. The molecule has 0 amide bonds. The first-order valence-electron chi connectivity index (χ1n) is 8.71. The van der Waals surface area contributed by atoms with E-state index in [9.17, 15) is 0 Å². The first kappa shape index (κ1) is 17.4. The molecule has 4 aromatic rings. The standard InChI is InChI=1S/C22H18N4S/c1-3-9-17(10-4-1)19(21-23-13-7-14-24-21)27-20(18-11-5-2-6-12-18)22-25-15-8-16-26-22/h1-16,19-20H. The Morgan fingerprint density at radius 3 is 1.22 bits per heavy atom. The lowest BCUT2D eigenvalue weighted by Gasteiger charge is -2.22. The Morgan fingerprint density at radius 2 is 0.852 bits per heavy atom. The SMILES string of the molecule is c1ccc(C(SC(c2ccccc2)c2ncccn2)c2ncccn2)cc1. The van der Waals surface area contributed by atoms with Crippen LogP contribution < -0.4 is 0 Å². The second-order valence-corrected chi connectivity index (χ2v) is 7.15. The molecule has 0 radical (unpaired) electrons. The maximum Gasteiger partial charge on any atom is 0.145 e. The molecule has 0 fully saturated rings. The molecule has 27 heavy (non-hydrogen) atoms. The van der Waals surface area contributed by atoms with Crippen molar-refractivity contribution in [2.45, 2.75) is 10.5 Å². The highest BCUT2D eigenvalue weighted by atomic mass is 32.2. The summed E-state index contributed by atoms with van der Waals surface area (Å²) in [7, 11) is 0. The number of hydrogen-bond acceptors (Lipinski definition) is 5. The summed E-state index contributed by atoms with van der Waals surface area (Å²) in [6, 6.07) is 24.3. The summed E-state index contributed by atoms with van der Waals surface area (Å²) in [6.45, 7) is 0. The molecule has 132 valence electrons. The first-order chi connectivity index (χ1) is 13.4. The van der Waals surface area contributed by atoms with Gasteiger partial charge in [-0.25, -0.2) is 19.9 Å². The number of thioether (sulfide) groups is 1. The minimum Gasteiger partial charge on any atom is -0.240 e. The van der Waals surface area contributed by atoms with Crippen molar-refractivity contribution in [3.8, 4) is 0 Å². The van der Waals surface area contributed by atoms with E-state index >= 15 is 0 Å². The van der Waals surface area contributed by atoms with E-state index in [1.165, 1.54) is 0 Å². The second kappa shape index (κ2) is 8.56. The molecule has 2 aromatic carbocycles. The smallest absolute Gasteiger partial charge is 0.145 e. The Morgan fingerprint density at radius 1 is 0.481 bits per heavy atom. The van der Waals surface area contributed by atoms with Crippen molar-refractivity contribution >= 4 is 11.8 Å². The summed E-state index contributed by atoms with van der Waals surface area (Å²) in [5.74, 6) is 1.57. The Bertz CT molecular complexity index is 790. The molecule has 2 heterocycles. The summed E-state index contributed by atoms with van der Waals surface area (Å²) in [4.78, 5) is 18.1. The van der Waals surface area contributed by atoms with Crippen molar-refractivity contribution in [3.63, 3.8) is 0 Å². The molecule has 0 spiro atoms. The maximum atomic E-state index is 4.52. The minimum absolute atomic E-state index is 0.0265. The van der Waals surface area contributed by atoms with Gasteiger partial charge in [-0.2, -0.15) is 0 Å². The zero-order chi connectivity index (χ0) is 18.3. The molecule has 0 aliphatic carbocycles. The van der Waals surface area contributed by atoms with E-state index < -0.39 is 0 Å². The first-order valence-corrected chi connectivity index (χ1v) is 9.65. The highest BCUT2D eigenvalue weighted by Gasteiger charge is 2.26. The van der Waals surface area contributed by atoms with Crippen molar-refractivity contribution < 1.29 is 0 Å². The topological polar surface area (TPSA) is 51.6 Å². The molecule has 0 bridgehead atoms. The fraction of sp³-hybridized carbons (Fsp3) is 0.0909. The zero-order valence-corrected chi connectivity index (χ0v) is 15.4. The van der Waals surface area contributed by atoms with Crippen molar-refractivity contribution in [1.29, 1.82) is 0 Å². The highest BCUT2D eigenvalue weighted by molar-refractivity contribution is 8.00. The molecule has 2 unspecified atom stereocenters. The monoisotopic (exact) mass is 370 g/mol. The normalized spacial score (nSPS) is 13.0. The number of hydrogen-bond donors (Lipinski definition) is 0. The van der Waals surface area contributed by atoms with Crippen LogP contribution in [0, 0.1) is 0 Å². The van der Waals surface area contributed by atoms with Crippen LogP contribution in [0.2, 0.25) is 0 Å². The third-order valence-corrected chi connectivity index (χ3v) is 5.63. The molecular formula is C22H18N4S. The second-order valence-electron chi connectivity index (χ2n) is 5.93. The van der Waals surface area contributed by atoms with Gasteiger partial charge in [0.15, 0.2) is 0 Å². The van der Waals surface area contributed by atoms with Gasteiger partial charge in [-0.15, -0.1) is 11.8 Å². The van der Waals surface area contributed by atoms with E-state index in [1.807, 2.05) is 48.5 Å². The predicted molar refractivity (Wildman–Crippen MR) is 108 cm³/mol. The Kier molecular flexibility index (Phi) is 5.50. The van der Waals surface area contributed by atoms with Gasteiger partial charge < -0.3 is 0 Å². The number of aromatic nitrogens is 4. The Balaban J connectivity index is 1.77. The van der Waals surface area contributed by atoms with E-state index in [0.717, 1.165) is 22.8 Å². The molecular weight excluding hydrogens is 352 g/mol. The average molecular weight is 370 g/mol. The lowest BCUT2D eigenvalue weighted by molar-refractivity contribution is 0.916. The summed E-state index contributed by atoms with van der Waals surface area (Å²) in [6.07, 6.45) is 7.15. The van der Waals surface area contributed by atoms with Gasteiger partial charge >= 0.3 is 0 Å².